The Morgan fingerprint density at radius 2 is 2.31 bits per heavy atom. The smallest absolute Gasteiger partial charge is 0.320 e. The number of likely N-dealkylation sites (N-methyl/N-ethyl adjacent to an activating group) is 1. The molecule has 0 bridgehead atoms. The van der Waals surface area contributed by atoms with Crippen LogP contribution in [-0.2, 0) is 6.54 Å². The van der Waals surface area contributed by atoms with E-state index in [0.29, 0.717) is 6.54 Å². The third kappa shape index (κ3) is 2.08. The number of pyridine rings is 1. The van der Waals surface area contributed by atoms with Crippen molar-refractivity contribution in [3.05, 3.63) is 24.0 Å². The molecule has 1 saturated heterocycles. The van der Waals surface area contributed by atoms with Gasteiger partial charge in [-0.15, -0.1) is 0 Å². The lowest BCUT2D eigenvalue weighted by Gasteiger charge is -2.15. The number of aromatic nitrogens is 1. The Labute approximate surface area is 95.1 Å². The van der Waals surface area contributed by atoms with E-state index >= 15 is 0 Å². The van der Waals surface area contributed by atoms with Gasteiger partial charge in [0.25, 0.3) is 0 Å². The molecule has 2 rings (SSSR count). The maximum atomic E-state index is 11.7. The molecule has 1 aromatic rings. The number of rotatable bonds is 3. The molecule has 0 radical (unpaired) electrons. The van der Waals surface area contributed by atoms with Crippen LogP contribution in [0.4, 0.5) is 10.5 Å². The summed E-state index contributed by atoms with van der Waals surface area (Å²) in [7, 11) is 3.69. The van der Waals surface area contributed by atoms with E-state index in [1.165, 1.54) is 0 Å². The number of hydrogen-bond acceptors (Lipinski definition) is 3. The minimum Gasteiger partial charge on any atom is -0.388 e. The summed E-state index contributed by atoms with van der Waals surface area (Å²) < 4.78 is 0. The fraction of sp³-hybridized carbons (Fsp3) is 0.455. The van der Waals surface area contributed by atoms with E-state index in [1.54, 1.807) is 11.1 Å². The summed E-state index contributed by atoms with van der Waals surface area (Å²) in [5, 5.41) is 3.06. The summed E-state index contributed by atoms with van der Waals surface area (Å²) in [6.45, 7) is 2.16. The van der Waals surface area contributed by atoms with Crippen molar-refractivity contribution in [1.82, 2.24) is 14.8 Å². The average molecular weight is 220 g/mol. The minimum absolute atomic E-state index is 0.0802. The zero-order valence-corrected chi connectivity index (χ0v) is 9.60. The molecule has 0 unspecified atom stereocenters. The Kier molecular flexibility index (Phi) is 2.94. The van der Waals surface area contributed by atoms with Crippen molar-refractivity contribution in [1.29, 1.82) is 0 Å². The number of carbonyl (C=O) groups excluding carboxylic acids is 1. The van der Waals surface area contributed by atoms with Crippen LogP contribution in [0.1, 0.15) is 5.69 Å². The lowest BCUT2D eigenvalue weighted by Crippen LogP contribution is -2.29. The van der Waals surface area contributed by atoms with Crippen LogP contribution in [0.3, 0.4) is 0 Å². The molecule has 2 heterocycles. The number of amides is 2. The molecule has 0 spiro atoms. The van der Waals surface area contributed by atoms with Crippen molar-refractivity contribution in [2.45, 2.75) is 6.54 Å². The van der Waals surface area contributed by atoms with E-state index in [0.717, 1.165) is 24.5 Å². The van der Waals surface area contributed by atoms with Crippen LogP contribution in [-0.4, -0.2) is 48.0 Å². The highest BCUT2D eigenvalue weighted by molar-refractivity contribution is 5.76. The molecular weight excluding hydrogens is 204 g/mol. The van der Waals surface area contributed by atoms with Crippen LogP contribution in [0.2, 0.25) is 0 Å². The van der Waals surface area contributed by atoms with Crippen LogP contribution >= 0.6 is 0 Å². The molecule has 5 nitrogen and oxygen atoms in total. The molecule has 1 N–H and O–H groups in total. The van der Waals surface area contributed by atoms with Gasteiger partial charge in [0.05, 0.1) is 12.2 Å². The number of carbonyl (C=O) groups is 1. The Morgan fingerprint density at radius 1 is 1.50 bits per heavy atom. The van der Waals surface area contributed by atoms with Crippen molar-refractivity contribution in [2.24, 2.45) is 0 Å². The van der Waals surface area contributed by atoms with Crippen LogP contribution in [0.25, 0.3) is 0 Å². The molecule has 16 heavy (non-hydrogen) atoms. The summed E-state index contributed by atoms with van der Waals surface area (Å²) in [5.74, 6) is 0. The van der Waals surface area contributed by atoms with Gasteiger partial charge in [-0.25, -0.2) is 4.79 Å². The van der Waals surface area contributed by atoms with Gasteiger partial charge < -0.3 is 15.1 Å². The number of nitrogens with one attached hydrogen (secondary N) is 1. The topological polar surface area (TPSA) is 48.5 Å². The average Bonchev–Trinajstić information content (AvgIpc) is 2.61. The molecule has 1 aromatic heterocycles. The summed E-state index contributed by atoms with van der Waals surface area (Å²) in [6.07, 6.45) is 1.76. The monoisotopic (exact) mass is 220 g/mol. The van der Waals surface area contributed by atoms with E-state index in [4.69, 9.17) is 0 Å². The van der Waals surface area contributed by atoms with Crippen molar-refractivity contribution >= 4 is 11.7 Å². The molecular formula is C11H16N4O. The number of urea groups is 1. The summed E-state index contributed by atoms with van der Waals surface area (Å²) in [4.78, 5) is 19.5. The summed E-state index contributed by atoms with van der Waals surface area (Å²) >= 11 is 0. The van der Waals surface area contributed by atoms with E-state index in [1.807, 2.05) is 31.1 Å². The predicted octanol–water partition coefficient (Wildman–Crippen LogP) is 0.991. The predicted molar refractivity (Wildman–Crippen MR) is 62.2 cm³/mol. The highest BCUT2D eigenvalue weighted by Crippen LogP contribution is 2.13. The molecule has 0 aliphatic carbocycles. The first-order chi connectivity index (χ1) is 7.70. The third-order valence-electron chi connectivity index (χ3n) is 2.76. The van der Waals surface area contributed by atoms with Gasteiger partial charge in [0.1, 0.15) is 0 Å². The van der Waals surface area contributed by atoms with E-state index in [9.17, 15) is 4.79 Å². The molecule has 0 aromatic carbocycles. The quantitative estimate of drug-likeness (QED) is 0.826. The second-order valence-electron chi connectivity index (χ2n) is 3.91. The van der Waals surface area contributed by atoms with Crippen LogP contribution in [0, 0.1) is 0 Å². The number of nitrogens with zero attached hydrogens (tertiary/aromatic N) is 3. The molecule has 1 aliphatic heterocycles. The van der Waals surface area contributed by atoms with E-state index < -0.39 is 0 Å². The Balaban J connectivity index is 2.06. The molecule has 86 valence electrons. The minimum atomic E-state index is 0.0802. The van der Waals surface area contributed by atoms with Gasteiger partial charge in [0, 0.05) is 39.1 Å². The van der Waals surface area contributed by atoms with Gasteiger partial charge in [-0.3, -0.25) is 4.98 Å². The van der Waals surface area contributed by atoms with Gasteiger partial charge in [-0.1, -0.05) is 0 Å². The number of anilines is 1. The molecule has 1 fully saturated rings. The van der Waals surface area contributed by atoms with E-state index in [2.05, 4.69) is 10.3 Å². The zero-order valence-electron chi connectivity index (χ0n) is 9.60. The van der Waals surface area contributed by atoms with Crippen molar-refractivity contribution < 1.29 is 4.79 Å². The second kappa shape index (κ2) is 4.38. The fourth-order valence-corrected chi connectivity index (χ4v) is 1.77. The Morgan fingerprint density at radius 3 is 2.94 bits per heavy atom. The number of hydrogen-bond donors (Lipinski definition) is 1. The SMILES string of the molecule is CNc1ccnc(CN2CCN(C)C2=O)c1. The highest BCUT2D eigenvalue weighted by atomic mass is 16.2. The fourth-order valence-electron chi connectivity index (χ4n) is 1.77. The first-order valence-corrected chi connectivity index (χ1v) is 5.33. The lowest BCUT2D eigenvalue weighted by atomic mass is 10.3. The molecule has 0 saturated carbocycles. The first-order valence-electron chi connectivity index (χ1n) is 5.33. The van der Waals surface area contributed by atoms with E-state index in [-0.39, 0.29) is 6.03 Å². The van der Waals surface area contributed by atoms with Gasteiger partial charge in [-0.2, -0.15) is 0 Å². The van der Waals surface area contributed by atoms with Crippen molar-refractivity contribution in [2.75, 3.05) is 32.5 Å². The standard InChI is InChI=1S/C11H16N4O/c1-12-9-3-4-13-10(7-9)8-15-6-5-14(2)11(15)16/h3-4,7H,5-6,8H2,1-2H3,(H,12,13). The zero-order chi connectivity index (χ0) is 11.5. The van der Waals surface area contributed by atoms with Gasteiger partial charge in [0.15, 0.2) is 0 Å². The summed E-state index contributed by atoms with van der Waals surface area (Å²) in [5.41, 5.74) is 1.93. The van der Waals surface area contributed by atoms with Crippen molar-refractivity contribution in [3.63, 3.8) is 0 Å². The van der Waals surface area contributed by atoms with Crippen LogP contribution < -0.4 is 5.32 Å². The van der Waals surface area contributed by atoms with Crippen LogP contribution in [0.5, 0.6) is 0 Å². The van der Waals surface area contributed by atoms with Crippen molar-refractivity contribution in [3.8, 4) is 0 Å². The maximum absolute atomic E-state index is 11.7. The third-order valence-corrected chi connectivity index (χ3v) is 2.76. The molecule has 2 amide bonds. The van der Waals surface area contributed by atoms with Crippen LogP contribution in [0.15, 0.2) is 18.3 Å². The normalized spacial score (nSPS) is 15.8. The highest BCUT2D eigenvalue weighted by Gasteiger charge is 2.25. The molecule has 5 heteroatoms. The maximum Gasteiger partial charge on any atom is 0.320 e. The molecule has 1 aliphatic rings. The molecule has 0 atom stereocenters. The largest absolute Gasteiger partial charge is 0.388 e. The van der Waals surface area contributed by atoms with Gasteiger partial charge in [-0.05, 0) is 12.1 Å². The lowest BCUT2D eigenvalue weighted by molar-refractivity contribution is 0.196. The second-order valence-corrected chi connectivity index (χ2v) is 3.91. The van der Waals surface area contributed by atoms with Gasteiger partial charge >= 0.3 is 6.03 Å². The van der Waals surface area contributed by atoms with Gasteiger partial charge in [0.2, 0.25) is 0 Å². The summed E-state index contributed by atoms with van der Waals surface area (Å²) in [6, 6.07) is 3.95. The first kappa shape index (κ1) is 10.7. The Hall–Kier alpha value is -1.78. The Bertz CT molecular complexity index is 393.